The van der Waals surface area contributed by atoms with Gasteiger partial charge in [0.2, 0.25) is 0 Å². The molecule has 1 aliphatic rings. The van der Waals surface area contributed by atoms with Crippen molar-refractivity contribution < 1.29 is 15.0 Å². The van der Waals surface area contributed by atoms with Gasteiger partial charge in [-0.1, -0.05) is 126 Å². The Labute approximate surface area is 212 Å². The van der Waals surface area contributed by atoms with Crippen LogP contribution in [0.4, 0.5) is 0 Å². The van der Waals surface area contributed by atoms with Gasteiger partial charge in [0.15, 0.2) is 5.78 Å². The number of aryl methyl sites for hydroxylation is 2. The van der Waals surface area contributed by atoms with Crippen molar-refractivity contribution in [3.63, 3.8) is 0 Å². The van der Waals surface area contributed by atoms with Crippen LogP contribution in [0.3, 0.4) is 0 Å². The fraction of sp³-hybridized carbons (Fsp3) is 0.182. The van der Waals surface area contributed by atoms with Crippen LogP contribution in [-0.4, -0.2) is 16.0 Å². The maximum absolute atomic E-state index is 14.0. The molecule has 5 rings (SSSR count). The van der Waals surface area contributed by atoms with Crippen LogP contribution in [-0.2, 0) is 11.2 Å². The minimum absolute atomic E-state index is 0.0823. The molecule has 36 heavy (non-hydrogen) atoms. The summed E-state index contributed by atoms with van der Waals surface area (Å²) in [5.41, 5.74) is 2.58. The highest BCUT2D eigenvalue weighted by molar-refractivity contribution is 6.01. The molecule has 4 aromatic rings. The average molecular weight is 475 g/mol. The normalized spacial score (nSPS) is 23.6. The number of carbonyl (C=O) groups excluding carboxylic acids is 1. The summed E-state index contributed by atoms with van der Waals surface area (Å²) in [6.45, 7) is 8.12. The number of ketones is 1. The Morgan fingerprint density at radius 2 is 1.22 bits per heavy atom. The van der Waals surface area contributed by atoms with Gasteiger partial charge in [-0.05, 0) is 36.1 Å². The number of carbonyl (C=O) groups is 1. The lowest BCUT2D eigenvalue weighted by Gasteiger charge is -2.41. The van der Waals surface area contributed by atoms with Gasteiger partial charge in [0.1, 0.15) is 11.2 Å². The van der Waals surface area contributed by atoms with Crippen molar-refractivity contribution in [2.75, 3.05) is 0 Å². The van der Waals surface area contributed by atoms with Crippen molar-refractivity contribution in [1.29, 1.82) is 0 Å². The number of hydrogen-bond donors (Lipinski definition) is 2. The standard InChI is InChI=1S/C33H30O3/c1-22-9-17-28(18-10-22)32(35)21-24(3)30(33(32,36)29-19-11-23(2)12-20-29)31(34)27-15-13-26(14-16-27)25-7-5-4-6-8-25/h4-20,30,35-36H,3,21H2,1-2H3/t30?,32-,33-/m0/s1. The van der Waals surface area contributed by atoms with Crippen LogP contribution in [0.1, 0.15) is 39.0 Å². The van der Waals surface area contributed by atoms with E-state index in [0.29, 0.717) is 22.3 Å². The molecule has 1 aliphatic carbocycles. The lowest BCUT2D eigenvalue weighted by atomic mass is 9.70. The molecular formula is C33H30O3. The zero-order chi connectivity index (χ0) is 25.5. The second-order valence-corrected chi connectivity index (χ2v) is 9.93. The molecule has 2 N–H and O–H groups in total. The smallest absolute Gasteiger partial charge is 0.173 e. The SMILES string of the molecule is C=C1C[C@](O)(c2ccc(C)cc2)[C@](O)(c2ccc(C)cc2)C1C(=O)c1ccc(-c2ccccc2)cc1. The Bertz CT molecular complexity index is 1400. The zero-order valence-corrected chi connectivity index (χ0v) is 20.6. The van der Waals surface area contributed by atoms with E-state index >= 15 is 0 Å². The van der Waals surface area contributed by atoms with Crippen LogP contribution in [0.5, 0.6) is 0 Å². The molecule has 1 saturated carbocycles. The molecule has 0 amide bonds. The third-order valence-electron chi connectivity index (χ3n) is 7.50. The number of Topliss-reactive ketones (excluding diaryl/α,β-unsaturated/α-hetero) is 1. The first kappa shape index (κ1) is 23.9. The first-order valence-corrected chi connectivity index (χ1v) is 12.2. The van der Waals surface area contributed by atoms with Gasteiger partial charge in [0.05, 0.1) is 5.92 Å². The second kappa shape index (κ2) is 9.02. The second-order valence-electron chi connectivity index (χ2n) is 9.93. The fourth-order valence-corrected chi connectivity index (χ4v) is 5.46. The van der Waals surface area contributed by atoms with Gasteiger partial charge < -0.3 is 10.2 Å². The van der Waals surface area contributed by atoms with E-state index < -0.39 is 17.1 Å². The molecule has 0 saturated heterocycles. The lowest BCUT2D eigenvalue weighted by Crippen LogP contribution is -2.50. The molecule has 0 bridgehead atoms. The highest BCUT2D eigenvalue weighted by Crippen LogP contribution is 2.58. The third kappa shape index (κ3) is 3.81. The Morgan fingerprint density at radius 1 is 0.722 bits per heavy atom. The van der Waals surface area contributed by atoms with Crippen molar-refractivity contribution >= 4 is 5.78 Å². The molecule has 1 fully saturated rings. The molecule has 0 aromatic heterocycles. The summed E-state index contributed by atoms with van der Waals surface area (Å²) in [6, 6.07) is 32.2. The van der Waals surface area contributed by atoms with Crippen LogP contribution in [0.25, 0.3) is 11.1 Å². The molecule has 180 valence electrons. The summed E-state index contributed by atoms with van der Waals surface area (Å²) in [6.07, 6.45) is 0.0823. The van der Waals surface area contributed by atoms with Crippen LogP contribution in [0, 0.1) is 19.8 Å². The Hall–Kier alpha value is -3.79. The van der Waals surface area contributed by atoms with E-state index in [1.165, 1.54) is 0 Å². The number of aliphatic hydroxyl groups is 2. The highest BCUT2D eigenvalue weighted by atomic mass is 16.4. The van der Waals surface area contributed by atoms with Crippen molar-refractivity contribution in [3.8, 4) is 11.1 Å². The summed E-state index contributed by atoms with van der Waals surface area (Å²) in [5, 5.41) is 24.6. The minimum Gasteiger partial charge on any atom is -0.381 e. The zero-order valence-electron chi connectivity index (χ0n) is 20.6. The Morgan fingerprint density at radius 3 is 1.78 bits per heavy atom. The predicted molar refractivity (Wildman–Crippen MR) is 144 cm³/mol. The molecule has 4 aromatic carbocycles. The molecule has 0 radical (unpaired) electrons. The molecule has 3 atom stereocenters. The maximum atomic E-state index is 14.0. The summed E-state index contributed by atoms with van der Waals surface area (Å²) in [4.78, 5) is 14.0. The van der Waals surface area contributed by atoms with Crippen molar-refractivity contribution in [2.45, 2.75) is 31.5 Å². The van der Waals surface area contributed by atoms with Crippen LogP contribution in [0.15, 0.2) is 115 Å². The molecule has 0 heterocycles. The highest BCUT2D eigenvalue weighted by Gasteiger charge is 2.64. The van der Waals surface area contributed by atoms with Gasteiger partial charge >= 0.3 is 0 Å². The average Bonchev–Trinajstić information content (AvgIpc) is 3.11. The summed E-state index contributed by atoms with van der Waals surface area (Å²) >= 11 is 0. The molecular weight excluding hydrogens is 444 g/mol. The largest absolute Gasteiger partial charge is 0.381 e. The first-order chi connectivity index (χ1) is 17.2. The van der Waals surface area contributed by atoms with Gasteiger partial charge in [-0.15, -0.1) is 0 Å². The van der Waals surface area contributed by atoms with Gasteiger partial charge in [0, 0.05) is 12.0 Å². The maximum Gasteiger partial charge on any atom is 0.173 e. The summed E-state index contributed by atoms with van der Waals surface area (Å²) in [5.74, 6) is -1.26. The third-order valence-corrected chi connectivity index (χ3v) is 7.50. The van der Waals surface area contributed by atoms with E-state index in [4.69, 9.17) is 0 Å². The van der Waals surface area contributed by atoms with E-state index in [1.807, 2.05) is 92.7 Å². The predicted octanol–water partition coefficient (Wildman–Crippen LogP) is 6.50. The van der Waals surface area contributed by atoms with E-state index in [2.05, 4.69) is 6.58 Å². The van der Waals surface area contributed by atoms with Gasteiger partial charge in [-0.25, -0.2) is 0 Å². The lowest BCUT2D eigenvalue weighted by molar-refractivity contribution is -0.156. The fourth-order valence-electron chi connectivity index (χ4n) is 5.46. The molecule has 0 spiro atoms. The molecule has 0 aliphatic heterocycles. The van der Waals surface area contributed by atoms with Crippen LogP contribution >= 0.6 is 0 Å². The van der Waals surface area contributed by atoms with Crippen molar-refractivity contribution in [3.05, 3.63) is 143 Å². The quantitative estimate of drug-likeness (QED) is 0.256. The van der Waals surface area contributed by atoms with Gasteiger partial charge in [0.25, 0.3) is 0 Å². The first-order valence-electron chi connectivity index (χ1n) is 12.2. The molecule has 3 heteroatoms. The van der Waals surface area contributed by atoms with Crippen LogP contribution < -0.4 is 0 Å². The van der Waals surface area contributed by atoms with E-state index in [9.17, 15) is 15.0 Å². The number of rotatable bonds is 5. The van der Waals surface area contributed by atoms with E-state index in [-0.39, 0.29) is 12.2 Å². The van der Waals surface area contributed by atoms with Gasteiger partial charge in [-0.2, -0.15) is 0 Å². The summed E-state index contributed by atoms with van der Waals surface area (Å²) < 4.78 is 0. The number of benzene rings is 4. The van der Waals surface area contributed by atoms with E-state index in [1.54, 1.807) is 24.3 Å². The van der Waals surface area contributed by atoms with Crippen LogP contribution in [0.2, 0.25) is 0 Å². The van der Waals surface area contributed by atoms with E-state index in [0.717, 1.165) is 22.3 Å². The minimum atomic E-state index is -1.89. The Kier molecular flexibility index (Phi) is 5.99. The summed E-state index contributed by atoms with van der Waals surface area (Å²) in [7, 11) is 0. The molecule has 3 nitrogen and oxygen atoms in total. The van der Waals surface area contributed by atoms with Gasteiger partial charge in [-0.3, -0.25) is 4.79 Å². The Balaban J connectivity index is 1.61. The molecule has 1 unspecified atom stereocenters. The topological polar surface area (TPSA) is 57.5 Å². The number of hydrogen-bond acceptors (Lipinski definition) is 3. The monoisotopic (exact) mass is 474 g/mol. The van der Waals surface area contributed by atoms with Crippen molar-refractivity contribution in [2.24, 2.45) is 5.92 Å². The van der Waals surface area contributed by atoms with Crippen molar-refractivity contribution in [1.82, 2.24) is 0 Å².